The summed E-state index contributed by atoms with van der Waals surface area (Å²) in [6, 6.07) is 4.83. The number of aromatic nitrogens is 2. The molecule has 0 amide bonds. The lowest BCUT2D eigenvalue weighted by molar-refractivity contribution is -0.385. The molecule has 1 aromatic heterocycles. The molecular formula is C10H8BrN3O3. The largest absolute Gasteiger partial charge is 0.490 e. The number of halogens is 1. The fraction of sp³-hybridized carbons (Fsp3) is 0.100. The Balaban J connectivity index is 2.65. The molecule has 0 aliphatic carbocycles. The van der Waals surface area contributed by atoms with Gasteiger partial charge in [0.05, 0.1) is 22.7 Å². The molecule has 0 saturated carbocycles. The highest BCUT2D eigenvalue weighted by Crippen LogP contribution is 2.33. The van der Waals surface area contributed by atoms with Crippen LogP contribution < -0.4 is 4.74 Å². The first-order valence-electron chi connectivity index (χ1n) is 4.65. The summed E-state index contributed by atoms with van der Waals surface area (Å²) in [5.41, 5.74) is 0.255. The van der Waals surface area contributed by atoms with Crippen LogP contribution >= 0.6 is 15.9 Å². The third-order valence-electron chi connectivity index (χ3n) is 2.18. The van der Waals surface area contributed by atoms with Gasteiger partial charge in [-0.1, -0.05) is 6.07 Å². The molecule has 0 N–H and O–H groups in total. The molecule has 17 heavy (non-hydrogen) atoms. The molecule has 0 saturated heterocycles. The van der Waals surface area contributed by atoms with Crippen LogP contribution in [0.1, 0.15) is 0 Å². The Morgan fingerprint density at radius 3 is 2.82 bits per heavy atom. The first-order chi connectivity index (χ1) is 8.13. The minimum Gasteiger partial charge on any atom is -0.490 e. The molecule has 0 fully saturated rings. The first-order valence-corrected chi connectivity index (χ1v) is 5.44. The van der Waals surface area contributed by atoms with E-state index in [2.05, 4.69) is 21.0 Å². The van der Waals surface area contributed by atoms with E-state index in [0.29, 0.717) is 5.69 Å². The standard InChI is InChI=1S/C10H8BrN3O3/c1-17-9-4-2-3-8(10(9)14(15)16)13-6-7(11)5-12-13/h2-6H,1H3. The molecule has 0 radical (unpaired) electrons. The quantitative estimate of drug-likeness (QED) is 0.645. The molecule has 2 aromatic rings. The third kappa shape index (κ3) is 2.14. The maximum atomic E-state index is 11.1. The highest BCUT2D eigenvalue weighted by molar-refractivity contribution is 9.10. The van der Waals surface area contributed by atoms with Gasteiger partial charge < -0.3 is 4.74 Å². The van der Waals surface area contributed by atoms with Gasteiger partial charge in [-0.3, -0.25) is 10.1 Å². The number of hydrogen-bond acceptors (Lipinski definition) is 4. The Morgan fingerprint density at radius 1 is 1.53 bits per heavy atom. The molecule has 7 heteroatoms. The van der Waals surface area contributed by atoms with Gasteiger partial charge in [0, 0.05) is 6.20 Å². The number of rotatable bonds is 3. The number of nitrogens with zero attached hydrogens (tertiary/aromatic N) is 3. The molecule has 1 aromatic carbocycles. The van der Waals surface area contributed by atoms with E-state index >= 15 is 0 Å². The second kappa shape index (κ2) is 4.54. The van der Waals surface area contributed by atoms with Crippen LogP contribution in [0.5, 0.6) is 5.75 Å². The average Bonchev–Trinajstić information content (AvgIpc) is 2.74. The summed E-state index contributed by atoms with van der Waals surface area (Å²) in [4.78, 5) is 10.6. The predicted molar refractivity (Wildman–Crippen MR) is 64.5 cm³/mol. The van der Waals surface area contributed by atoms with Crippen molar-refractivity contribution in [2.24, 2.45) is 0 Å². The molecule has 2 rings (SSSR count). The number of benzene rings is 1. The molecule has 6 nitrogen and oxygen atoms in total. The number of para-hydroxylation sites is 1. The topological polar surface area (TPSA) is 70.2 Å². The molecule has 0 atom stereocenters. The zero-order valence-corrected chi connectivity index (χ0v) is 10.4. The summed E-state index contributed by atoms with van der Waals surface area (Å²) in [6.07, 6.45) is 3.20. The normalized spacial score (nSPS) is 10.2. The molecule has 0 aliphatic rings. The van der Waals surface area contributed by atoms with Gasteiger partial charge in [0.1, 0.15) is 5.69 Å². The molecule has 1 heterocycles. The van der Waals surface area contributed by atoms with Crippen LogP contribution in [0, 0.1) is 10.1 Å². The molecule has 0 bridgehead atoms. The Morgan fingerprint density at radius 2 is 2.29 bits per heavy atom. The van der Waals surface area contributed by atoms with Crippen molar-refractivity contribution in [3.63, 3.8) is 0 Å². The van der Waals surface area contributed by atoms with Crippen molar-refractivity contribution in [3.8, 4) is 11.4 Å². The number of hydrogen-bond donors (Lipinski definition) is 0. The highest BCUT2D eigenvalue weighted by atomic mass is 79.9. The number of ether oxygens (including phenoxy) is 1. The molecular weight excluding hydrogens is 290 g/mol. The summed E-state index contributed by atoms with van der Waals surface area (Å²) in [5.74, 6) is 0.208. The van der Waals surface area contributed by atoms with E-state index in [1.807, 2.05) is 0 Å². The van der Waals surface area contributed by atoms with Crippen LogP contribution in [0.2, 0.25) is 0 Å². The van der Waals surface area contributed by atoms with Gasteiger partial charge in [0.25, 0.3) is 0 Å². The summed E-state index contributed by atoms with van der Waals surface area (Å²) in [6.45, 7) is 0. The Kier molecular flexibility index (Phi) is 3.10. The summed E-state index contributed by atoms with van der Waals surface area (Å²) < 4.78 is 7.15. The van der Waals surface area contributed by atoms with Crippen LogP contribution in [0.4, 0.5) is 5.69 Å². The minimum absolute atomic E-state index is 0.106. The summed E-state index contributed by atoms with van der Waals surface area (Å²) in [7, 11) is 1.39. The van der Waals surface area contributed by atoms with Crippen LogP contribution in [0.25, 0.3) is 5.69 Å². The van der Waals surface area contributed by atoms with Crippen molar-refractivity contribution in [2.75, 3.05) is 7.11 Å². The van der Waals surface area contributed by atoms with Crippen molar-refractivity contribution in [3.05, 3.63) is 45.2 Å². The van der Waals surface area contributed by atoms with E-state index in [1.165, 1.54) is 11.8 Å². The first kappa shape index (κ1) is 11.6. The highest BCUT2D eigenvalue weighted by Gasteiger charge is 2.22. The van der Waals surface area contributed by atoms with E-state index in [0.717, 1.165) is 4.47 Å². The summed E-state index contributed by atoms with van der Waals surface area (Å²) >= 11 is 3.24. The SMILES string of the molecule is COc1cccc(-n2cc(Br)cn2)c1[N+](=O)[O-]. The molecule has 88 valence electrons. The average molecular weight is 298 g/mol. The number of nitro groups is 1. The Labute approximate surface area is 105 Å². The lowest BCUT2D eigenvalue weighted by Crippen LogP contribution is -2.02. The smallest absolute Gasteiger partial charge is 0.336 e. The number of nitro benzene ring substituents is 1. The van der Waals surface area contributed by atoms with E-state index < -0.39 is 4.92 Å². The number of methoxy groups -OCH3 is 1. The zero-order chi connectivity index (χ0) is 12.4. The van der Waals surface area contributed by atoms with Gasteiger partial charge in [0.15, 0.2) is 5.75 Å². The maximum absolute atomic E-state index is 11.1. The van der Waals surface area contributed by atoms with Gasteiger partial charge in [-0.25, -0.2) is 4.68 Å². The predicted octanol–water partition coefficient (Wildman–Crippen LogP) is 2.55. The van der Waals surface area contributed by atoms with E-state index in [4.69, 9.17) is 4.74 Å². The van der Waals surface area contributed by atoms with Gasteiger partial charge in [-0.05, 0) is 28.1 Å². The Hall–Kier alpha value is -1.89. The monoisotopic (exact) mass is 297 g/mol. The molecule has 0 aliphatic heterocycles. The van der Waals surface area contributed by atoms with Crippen molar-refractivity contribution in [1.82, 2.24) is 9.78 Å². The van der Waals surface area contributed by atoms with E-state index in [1.54, 1.807) is 30.6 Å². The molecule has 0 unspecified atom stereocenters. The van der Waals surface area contributed by atoms with E-state index in [9.17, 15) is 10.1 Å². The Bertz CT molecular complexity index is 568. The van der Waals surface area contributed by atoms with Gasteiger partial charge >= 0.3 is 5.69 Å². The van der Waals surface area contributed by atoms with E-state index in [-0.39, 0.29) is 11.4 Å². The van der Waals surface area contributed by atoms with Crippen molar-refractivity contribution in [1.29, 1.82) is 0 Å². The lowest BCUT2D eigenvalue weighted by Gasteiger charge is -2.06. The second-order valence-electron chi connectivity index (χ2n) is 3.19. The second-order valence-corrected chi connectivity index (χ2v) is 4.10. The fourth-order valence-corrected chi connectivity index (χ4v) is 1.76. The summed E-state index contributed by atoms with van der Waals surface area (Å²) in [5, 5.41) is 15.1. The van der Waals surface area contributed by atoms with Crippen LogP contribution in [-0.2, 0) is 0 Å². The lowest BCUT2D eigenvalue weighted by atomic mass is 10.2. The fourth-order valence-electron chi connectivity index (χ4n) is 1.48. The van der Waals surface area contributed by atoms with Crippen LogP contribution in [0.3, 0.4) is 0 Å². The van der Waals surface area contributed by atoms with Crippen molar-refractivity contribution >= 4 is 21.6 Å². The minimum atomic E-state index is -0.482. The van der Waals surface area contributed by atoms with Crippen molar-refractivity contribution < 1.29 is 9.66 Å². The van der Waals surface area contributed by atoms with Crippen molar-refractivity contribution in [2.45, 2.75) is 0 Å². The third-order valence-corrected chi connectivity index (χ3v) is 2.59. The molecule has 0 spiro atoms. The van der Waals surface area contributed by atoms with Crippen LogP contribution in [-0.4, -0.2) is 21.8 Å². The van der Waals surface area contributed by atoms with Gasteiger partial charge in [0.2, 0.25) is 0 Å². The zero-order valence-electron chi connectivity index (χ0n) is 8.83. The maximum Gasteiger partial charge on any atom is 0.336 e. The van der Waals surface area contributed by atoms with Gasteiger partial charge in [-0.15, -0.1) is 0 Å². The van der Waals surface area contributed by atoms with Crippen LogP contribution in [0.15, 0.2) is 35.1 Å². The van der Waals surface area contributed by atoms with Gasteiger partial charge in [-0.2, -0.15) is 5.10 Å².